The normalized spacial score (nSPS) is 19.0. The van der Waals surface area contributed by atoms with Crippen molar-refractivity contribution in [1.82, 2.24) is 15.3 Å². The van der Waals surface area contributed by atoms with E-state index < -0.39 is 0 Å². The number of nitrogens with one attached hydrogen (secondary N) is 2. The number of benzene rings is 2. The fourth-order valence-corrected chi connectivity index (χ4v) is 4.23. The van der Waals surface area contributed by atoms with E-state index >= 15 is 0 Å². The molecule has 30 heavy (non-hydrogen) atoms. The SMILES string of the molecule is CN(C)c1nc(NC2CCC(CNCc3ccccc3O)CC2)nc2ccccc12. The van der Waals surface area contributed by atoms with Crippen LogP contribution in [0.2, 0.25) is 0 Å². The molecule has 1 aliphatic carbocycles. The lowest BCUT2D eigenvalue weighted by atomic mass is 9.86. The van der Waals surface area contributed by atoms with Crippen LogP contribution < -0.4 is 15.5 Å². The van der Waals surface area contributed by atoms with Gasteiger partial charge in [0.15, 0.2) is 0 Å². The molecule has 0 aliphatic heterocycles. The quantitative estimate of drug-likeness (QED) is 0.548. The van der Waals surface area contributed by atoms with Gasteiger partial charge in [-0.25, -0.2) is 4.98 Å². The zero-order valence-corrected chi connectivity index (χ0v) is 17.8. The van der Waals surface area contributed by atoms with Gasteiger partial charge in [-0.1, -0.05) is 30.3 Å². The molecule has 0 spiro atoms. The third kappa shape index (κ3) is 4.82. The molecule has 0 atom stereocenters. The fourth-order valence-electron chi connectivity index (χ4n) is 4.23. The lowest BCUT2D eigenvalue weighted by molar-refractivity contribution is 0.323. The van der Waals surface area contributed by atoms with E-state index in [2.05, 4.69) is 16.7 Å². The van der Waals surface area contributed by atoms with Crippen molar-refractivity contribution in [3.05, 3.63) is 54.1 Å². The highest BCUT2D eigenvalue weighted by Gasteiger charge is 2.22. The van der Waals surface area contributed by atoms with Crippen LogP contribution >= 0.6 is 0 Å². The lowest BCUT2D eigenvalue weighted by Gasteiger charge is -2.29. The van der Waals surface area contributed by atoms with Gasteiger partial charge in [0, 0.05) is 37.6 Å². The molecule has 0 unspecified atom stereocenters. The van der Waals surface area contributed by atoms with Crippen LogP contribution in [0, 0.1) is 5.92 Å². The van der Waals surface area contributed by atoms with Gasteiger partial charge in [0.25, 0.3) is 0 Å². The van der Waals surface area contributed by atoms with E-state index in [0.717, 1.165) is 47.6 Å². The van der Waals surface area contributed by atoms with E-state index in [4.69, 9.17) is 9.97 Å². The van der Waals surface area contributed by atoms with Crippen molar-refractivity contribution in [2.24, 2.45) is 5.92 Å². The van der Waals surface area contributed by atoms with E-state index in [1.165, 1.54) is 12.8 Å². The van der Waals surface area contributed by atoms with Gasteiger partial charge < -0.3 is 20.6 Å². The molecule has 6 heteroatoms. The first-order valence-corrected chi connectivity index (χ1v) is 10.8. The van der Waals surface area contributed by atoms with E-state index in [9.17, 15) is 5.11 Å². The minimum atomic E-state index is 0.366. The van der Waals surface area contributed by atoms with Crippen molar-refractivity contribution >= 4 is 22.7 Å². The molecule has 0 saturated heterocycles. The summed E-state index contributed by atoms with van der Waals surface area (Å²) in [5.41, 5.74) is 1.93. The van der Waals surface area contributed by atoms with Crippen molar-refractivity contribution in [2.45, 2.75) is 38.3 Å². The van der Waals surface area contributed by atoms with E-state index in [0.29, 0.717) is 24.3 Å². The molecule has 4 rings (SSSR count). The van der Waals surface area contributed by atoms with Gasteiger partial charge in [0.05, 0.1) is 5.52 Å². The molecule has 3 aromatic rings. The zero-order chi connectivity index (χ0) is 20.9. The average Bonchev–Trinajstić information content (AvgIpc) is 2.75. The van der Waals surface area contributed by atoms with Gasteiger partial charge in [0.1, 0.15) is 11.6 Å². The molecular weight excluding hydrogens is 374 g/mol. The maximum atomic E-state index is 9.88. The topological polar surface area (TPSA) is 73.3 Å². The largest absolute Gasteiger partial charge is 0.508 e. The number of nitrogens with zero attached hydrogens (tertiary/aromatic N) is 3. The molecule has 6 nitrogen and oxygen atoms in total. The summed E-state index contributed by atoms with van der Waals surface area (Å²) in [6.07, 6.45) is 4.60. The van der Waals surface area contributed by atoms with Crippen LogP contribution in [0.25, 0.3) is 10.9 Å². The molecule has 0 amide bonds. The van der Waals surface area contributed by atoms with Crippen molar-refractivity contribution in [2.75, 3.05) is 30.9 Å². The Hall–Kier alpha value is -2.86. The summed E-state index contributed by atoms with van der Waals surface area (Å²) in [4.78, 5) is 11.6. The number of rotatable bonds is 7. The lowest BCUT2D eigenvalue weighted by Crippen LogP contribution is -2.31. The van der Waals surface area contributed by atoms with Gasteiger partial charge >= 0.3 is 0 Å². The molecule has 2 aromatic carbocycles. The maximum absolute atomic E-state index is 9.88. The summed E-state index contributed by atoms with van der Waals surface area (Å²) in [6.45, 7) is 1.70. The molecule has 3 N–H and O–H groups in total. The highest BCUT2D eigenvalue weighted by Crippen LogP contribution is 2.28. The first-order chi connectivity index (χ1) is 14.6. The second kappa shape index (κ2) is 9.30. The molecule has 1 heterocycles. The highest BCUT2D eigenvalue weighted by atomic mass is 16.3. The maximum Gasteiger partial charge on any atom is 0.225 e. The molecule has 0 bridgehead atoms. The smallest absolute Gasteiger partial charge is 0.225 e. The summed E-state index contributed by atoms with van der Waals surface area (Å²) < 4.78 is 0. The van der Waals surface area contributed by atoms with Crippen LogP contribution in [0.4, 0.5) is 11.8 Å². The van der Waals surface area contributed by atoms with Gasteiger partial charge in [-0.15, -0.1) is 0 Å². The molecular formula is C24H31N5O. The minimum absolute atomic E-state index is 0.366. The number of phenolic OH excluding ortho intramolecular Hbond substituents is 1. The molecule has 1 fully saturated rings. The number of hydrogen-bond donors (Lipinski definition) is 3. The van der Waals surface area contributed by atoms with E-state index in [1.807, 2.05) is 55.4 Å². The summed E-state index contributed by atoms with van der Waals surface area (Å²) in [7, 11) is 4.04. The van der Waals surface area contributed by atoms with Gasteiger partial charge in [-0.2, -0.15) is 4.98 Å². The monoisotopic (exact) mass is 405 g/mol. The Morgan fingerprint density at radius 1 is 0.967 bits per heavy atom. The summed E-state index contributed by atoms with van der Waals surface area (Å²) in [5, 5.41) is 18.0. The van der Waals surface area contributed by atoms with Crippen molar-refractivity contribution in [3.8, 4) is 5.75 Å². The van der Waals surface area contributed by atoms with Crippen LogP contribution in [-0.4, -0.2) is 41.8 Å². The van der Waals surface area contributed by atoms with Crippen LogP contribution in [0.1, 0.15) is 31.2 Å². The highest BCUT2D eigenvalue weighted by molar-refractivity contribution is 5.90. The molecule has 1 saturated carbocycles. The number of aromatic nitrogens is 2. The number of phenols is 1. The molecule has 1 aromatic heterocycles. The van der Waals surface area contributed by atoms with E-state index in [-0.39, 0.29) is 0 Å². The predicted molar refractivity (Wildman–Crippen MR) is 123 cm³/mol. The molecule has 0 radical (unpaired) electrons. The Balaban J connectivity index is 1.30. The second-order valence-corrected chi connectivity index (χ2v) is 8.40. The van der Waals surface area contributed by atoms with Crippen LogP contribution in [0.5, 0.6) is 5.75 Å². The Morgan fingerprint density at radius 2 is 1.70 bits per heavy atom. The number of hydrogen-bond acceptors (Lipinski definition) is 6. The zero-order valence-electron chi connectivity index (χ0n) is 17.8. The standard InChI is InChI=1S/C24H31N5O/c1-29(2)23-20-8-4-5-9-21(20)27-24(28-23)26-19-13-11-17(12-14-19)15-25-16-18-7-3-6-10-22(18)30/h3-10,17,19,25,30H,11-16H2,1-2H3,(H,26,27,28). The Bertz CT molecular complexity index is 982. The number of aromatic hydroxyl groups is 1. The minimum Gasteiger partial charge on any atom is -0.508 e. The van der Waals surface area contributed by atoms with Crippen LogP contribution in [-0.2, 0) is 6.54 Å². The van der Waals surface area contributed by atoms with Crippen molar-refractivity contribution in [3.63, 3.8) is 0 Å². The van der Waals surface area contributed by atoms with Gasteiger partial charge in [-0.05, 0) is 56.3 Å². The van der Waals surface area contributed by atoms with Crippen LogP contribution in [0.3, 0.4) is 0 Å². The average molecular weight is 406 g/mol. The fraction of sp³-hybridized carbons (Fsp3) is 0.417. The third-order valence-corrected chi connectivity index (χ3v) is 5.93. The summed E-state index contributed by atoms with van der Waals surface area (Å²) in [6, 6.07) is 16.1. The summed E-state index contributed by atoms with van der Waals surface area (Å²) >= 11 is 0. The van der Waals surface area contributed by atoms with Gasteiger partial charge in [-0.3, -0.25) is 0 Å². The third-order valence-electron chi connectivity index (χ3n) is 5.93. The molecule has 1 aliphatic rings. The van der Waals surface area contributed by atoms with Gasteiger partial charge in [0.2, 0.25) is 5.95 Å². The van der Waals surface area contributed by atoms with E-state index in [1.54, 1.807) is 6.07 Å². The van der Waals surface area contributed by atoms with Crippen LogP contribution in [0.15, 0.2) is 48.5 Å². The Kier molecular flexibility index (Phi) is 6.33. The van der Waals surface area contributed by atoms with Crippen molar-refractivity contribution < 1.29 is 5.11 Å². The summed E-state index contributed by atoms with van der Waals surface area (Å²) in [5.74, 6) is 2.71. The Morgan fingerprint density at radius 3 is 2.47 bits per heavy atom. The first kappa shape index (κ1) is 20.4. The Labute approximate surface area is 178 Å². The molecule has 158 valence electrons. The predicted octanol–water partition coefficient (Wildman–Crippen LogP) is 4.16. The van der Waals surface area contributed by atoms with Crippen molar-refractivity contribution in [1.29, 1.82) is 0 Å². The second-order valence-electron chi connectivity index (χ2n) is 8.40. The number of para-hydroxylation sites is 2. The first-order valence-electron chi connectivity index (χ1n) is 10.8. The number of anilines is 2. The number of fused-ring (bicyclic) bond motifs is 1.